The Morgan fingerprint density at radius 3 is 2.62 bits per heavy atom. The molecule has 0 amide bonds. The van der Waals surface area contributed by atoms with Crippen LogP contribution in [0.2, 0.25) is 0 Å². The van der Waals surface area contributed by atoms with E-state index in [0.29, 0.717) is 6.54 Å². The van der Waals surface area contributed by atoms with E-state index in [-0.39, 0.29) is 11.9 Å². The number of benzene rings is 2. The van der Waals surface area contributed by atoms with Gasteiger partial charge in [0.25, 0.3) is 0 Å². The van der Waals surface area contributed by atoms with Gasteiger partial charge in [0.05, 0.1) is 6.04 Å². The lowest BCUT2D eigenvalue weighted by Crippen LogP contribution is -2.25. The maximum absolute atomic E-state index is 13.7. The Morgan fingerprint density at radius 2 is 1.96 bits per heavy atom. The summed E-state index contributed by atoms with van der Waals surface area (Å²) in [5.74, 6) is 0.629. The fraction of sp³-hybridized carbons (Fsp3) is 0.250. The number of nitrogens with one attached hydrogen (secondary N) is 1. The van der Waals surface area contributed by atoms with Crippen LogP contribution in [-0.4, -0.2) is 9.55 Å². The Labute approximate surface area is 142 Å². The van der Waals surface area contributed by atoms with Crippen LogP contribution in [0, 0.1) is 19.7 Å². The fourth-order valence-corrected chi connectivity index (χ4v) is 2.83. The monoisotopic (exact) mass is 323 g/mol. The van der Waals surface area contributed by atoms with Crippen molar-refractivity contribution in [1.82, 2.24) is 14.9 Å². The summed E-state index contributed by atoms with van der Waals surface area (Å²) >= 11 is 0. The molecule has 2 aromatic carbocycles. The average Bonchev–Trinajstić information content (AvgIpc) is 2.97. The second kappa shape index (κ2) is 6.97. The largest absolute Gasteiger partial charge is 0.336 e. The fourth-order valence-electron chi connectivity index (χ4n) is 2.83. The summed E-state index contributed by atoms with van der Waals surface area (Å²) in [5.41, 5.74) is 4.62. The summed E-state index contributed by atoms with van der Waals surface area (Å²) in [6, 6.07) is 13.0. The highest BCUT2D eigenvalue weighted by atomic mass is 19.1. The van der Waals surface area contributed by atoms with Crippen LogP contribution in [0.4, 0.5) is 4.39 Å². The zero-order valence-electron chi connectivity index (χ0n) is 14.3. The third-order valence-corrected chi connectivity index (χ3v) is 4.38. The minimum atomic E-state index is -0.236. The Kier molecular flexibility index (Phi) is 4.76. The standard InChI is InChI=1S/C20H22FN3/c1-14-7-8-16(11-15(14)2)13-23-19(20-22-9-10-24(20)3)17-5-4-6-18(21)12-17/h4-12,19,23H,13H2,1-3H3. The zero-order chi connectivity index (χ0) is 17.1. The Hall–Kier alpha value is -2.46. The second-order valence-electron chi connectivity index (χ2n) is 6.18. The number of nitrogens with zero attached hydrogens (tertiary/aromatic N) is 2. The minimum Gasteiger partial charge on any atom is -0.336 e. The molecule has 3 rings (SSSR count). The van der Waals surface area contributed by atoms with Gasteiger partial charge in [-0.15, -0.1) is 0 Å². The van der Waals surface area contributed by atoms with Gasteiger partial charge in [0.15, 0.2) is 0 Å². The van der Waals surface area contributed by atoms with Crippen LogP contribution in [-0.2, 0) is 13.6 Å². The van der Waals surface area contributed by atoms with Crippen molar-refractivity contribution in [1.29, 1.82) is 0 Å². The van der Waals surface area contributed by atoms with Crippen molar-refractivity contribution in [2.24, 2.45) is 7.05 Å². The highest BCUT2D eigenvalue weighted by molar-refractivity contribution is 5.31. The predicted molar refractivity (Wildman–Crippen MR) is 94.2 cm³/mol. The molecule has 0 aliphatic rings. The van der Waals surface area contributed by atoms with E-state index >= 15 is 0 Å². The number of rotatable bonds is 5. The van der Waals surface area contributed by atoms with Crippen LogP contribution < -0.4 is 5.32 Å². The molecule has 0 aliphatic heterocycles. The van der Waals surface area contributed by atoms with Gasteiger partial charge in [-0.3, -0.25) is 5.32 Å². The first-order chi connectivity index (χ1) is 11.5. The molecule has 0 aliphatic carbocycles. The smallest absolute Gasteiger partial charge is 0.130 e. The Morgan fingerprint density at radius 1 is 1.12 bits per heavy atom. The van der Waals surface area contributed by atoms with Crippen molar-refractivity contribution in [2.45, 2.75) is 26.4 Å². The first-order valence-electron chi connectivity index (χ1n) is 8.07. The number of halogens is 1. The molecule has 0 bridgehead atoms. The first-order valence-corrected chi connectivity index (χ1v) is 8.07. The van der Waals surface area contributed by atoms with Crippen LogP contribution >= 0.6 is 0 Å². The Balaban J connectivity index is 1.88. The molecular weight excluding hydrogens is 301 g/mol. The number of aromatic nitrogens is 2. The minimum absolute atomic E-state index is 0.165. The van der Waals surface area contributed by atoms with Gasteiger partial charge >= 0.3 is 0 Å². The van der Waals surface area contributed by atoms with E-state index in [0.717, 1.165) is 11.4 Å². The van der Waals surface area contributed by atoms with Crippen LogP contribution in [0.5, 0.6) is 0 Å². The third kappa shape index (κ3) is 3.54. The van der Waals surface area contributed by atoms with Crippen molar-refractivity contribution in [3.8, 4) is 0 Å². The van der Waals surface area contributed by atoms with E-state index < -0.39 is 0 Å². The number of hydrogen-bond donors (Lipinski definition) is 1. The van der Waals surface area contributed by atoms with E-state index in [4.69, 9.17) is 0 Å². The molecule has 0 fully saturated rings. The van der Waals surface area contributed by atoms with Crippen LogP contribution in [0.25, 0.3) is 0 Å². The van der Waals surface area contributed by atoms with E-state index in [2.05, 4.69) is 42.3 Å². The zero-order valence-corrected chi connectivity index (χ0v) is 14.3. The van der Waals surface area contributed by atoms with Gasteiger partial charge in [-0.05, 0) is 48.2 Å². The van der Waals surface area contributed by atoms with E-state index in [1.165, 1.54) is 22.8 Å². The lowest BCUT2D eigenvalue weighted by molar-refractivity contribution is 0.551. The quantitative estimate of drug-likeness (QED) is 0.767. The number of aryl methyl sites for hydroxylation is 3. The number of hydrogen-bond acceptors (Lipinski definition) is 2. The third-order valence-electron chi connectivity index (χ3n) is 4.38. The molecule has 1 N–H and O–H groups in total. The van der Waals surface area contributed by atoms with Gasteiger partial charge in [0.2, 0.25) is 0 Å². The summed E-state index contributed by atoms with van der Waals surface area (Å²) in [6.07, 6.45) is 3.67. The van der Waals surface area contributed by atoms with Crippen LogP contribution in [0.15, 0.2) is 54.9 Å². The maximum atomic E-state index is 13.7. The SMILES string of the molecule is Cc1ccc(CNC(c2cccc(F)c2)c2nccn2C)cc1C. The molecule has 3 aromatic rings. The van der Waals surface area contributed by atoms with Gasteiger partial charge in [-0.25, -0.2) is 9.37 Å². The topological polar surface area (TPSA) is 29.9 Å². The molecule has 4 heteroatoms. The van der Waals surface area contributed by atoms with Crippen molar-refractivity contribution in [2.75, 3.05) is 0 Å². The van der Waals surface area contributed by atoms with Gasteiger partial charge in [-0.1, -0.05) is 30.3 Å². The molecule has 0 saturated carbocycles. The normalized spacial score (nSPS) is 12.3. The maximum Gasteiger partial charge on any atom is 0.130 e. The first kappa shape index (κ1) is 16.4. The highest BCUT2D eigenvalue weighted by Gasteiger charge is 2.18. The van der Waals surface area contributed by atoms with Gasteiger partial charge < -0.3 is 4.57 Å². The van der Waals surface area contributed by atoms with Gasteiger partial charge in [0, 0.05) is 26.0 Å². The van der Waals surface area contributed by atoms with Crippen molar-refractivity contribution in [3.63, 3.8) is 0 Å². The van der Waals surface area contributed by atoms with Crippen LogP contribution in [0.1, 0.15) is 34.1 Å². The molecule has 1 unspecified atom stereocenters. The molecule has 1 atom stereocenters. The average molecular weight is 323 g/mol. The second-order valence-corrected chi connectivity index (χ2v) is 6.18. The Bertz CT molecular complexity index is 838. The number of imidazole rings is 1. The molecule has 1 heterocycles. The lowest BCUT2D eigenvalue weighted by Gasteiger charge is -2.19. The summed E-state index contributed by atoms with van der Waals surface area (Å²) in [6.45, 7) is 4.91. The molecule has 24 heavy (non-hydrogen) atoms. The molecule has 0 radical (unpaired) electrons. The van der Waals surface area contributed by atoms with Crippen LogP contribution in [0.3, 0.4) is 0 Å². The lowest BCUT2D eigenvalue weighted by atomic mass is 10.0. The van der Waals surface area contributed by atoms with Crippen molar-refractivity contribution in [3.05, 3.63) is 88.8 Å². The molecule has 1 aromatic heterocycles. The van der Waals surface area contributed by atoms with Crippen molar-refractivity contribution < 1.29 is 4.39 Å². The summed E-state index contributed by atoms with van der Waals surface area (Å²) in [5, 5.41) is 3.52. The van der Waals surface area contributed by atoms with Crippen molar-refractivity contribution >= 4 is 0 Å². The predicted octanol–water partition coefficient (Wildman–Crippen LogP) is 4.06. The van der Waals surface area contributed by atoms with Gasteiger partial charge in [-0.2, -0.15) is 0 Å². The van der Waals surface area contributed by atoms with E-state index in [1.807, 2.05) is 23.9 Å². The molecule has 124 valence electrons. The van der Waals surface area contributed by atoms with E-state index in [9.17, 15) is 4.39 Å². The summed E-state index contributed by atoms with van der Waals surface area (Å²) in [4.78, 5) is 4.44. The highest BCUT2D eigenvalue weighted by Crippen LogP contribution is 2.22. The summed E-state index contributed by atoms with van der Waals surface area (Å²) < 4.78 is 15.6. The molecule has 0 spiro atoms. The van der Waals surface area contributed by atoms with Gasteiger partial charge in [0.1, 0.15) is 11.6 Å². The summed E-state index contributed by atoms with van der Waals surface area (Å²) in [7, 11) is 1.95. The molecule has 3 nitrogen and oxygen atoms in total. The molecule has 0 saturated heterocycles. The van der Waals surface area contributed by atoms with E-state index in [1.54, 1.807) is 18.3 Å². The molecular formula is C20H22FN3.